The fourth-order valence-corrected chi connectivity index (χ4v) is 6.33. The molecule has 2 aromatic rings. The van der Waals surface area contributed by atoms with Crippen LogP contribution in [-0.2, 0) is 19.9 Å². The number of carbonyl (C=O) groups is 3. The van der Waals surface area contributed by atoms with Crippen molar-refractivity contribution in [2.45, 2.75) is 24.4 Å². The summed E-state index contributed by atoms with van der Waals surface area (Å²) in [4.78, 5) is 54.4. The van der Waals surface area contributed by atoms with Gasteiger partial charge in [-0.05, 0) is 49.7 Å². The highest BCUT2D eigenvalue weighted by atomic mass is 35.5. The van der Waals surface area contributed by atoms with Crippen LogP contribution in [0.15, 0.2) is 42.5 Å². The van der Waals surface area contributed by atoms with Crippen molar-refractivity contribution in [1.29, 1.82) is 0 Å². The molecule has 4 aliphatic rings. The van der Waals surface area contributed by atoms with Crippen molar-refractivity contribution < 1.29 is 19.3 Å². The predicted octanol–water partition coefficient (Wildman–Crippen LogP) is 2.68. The first-order chi connectivity index (χ1) is 15.4. The monoisotopic (exact) mass is 452 g/mol. The summed E-state index contributed by atoms with van der Waals surface area (Å²) >= 11 is 6.27. The zero-order valence-electron chi connectivity index (χ0n) is 16.7. The molecule has 3 saturated heterocycles. The molecule has 0 aliphatic carbocycles. The van der Waals surface area contributed by atoms with E-state index in [1.54, 1.807) is 18.2 Å². The van der Waals surface area contributed by atoms with E-state index in [9.17, 15) is 24.5 Å². The van der Waals surface area contributed by atoms with Gasteiger partial charge < -0.3 is 5.32 Å². The van der Waals surface area contributed by atoms with Crippen LogP contribution in [0, 0.1) is 22.0 Å². The molecule has 0 bridgehead atoms. The van der Waals surface area contributed by atoms with Crippen LogP contribution < -0.4 is 10.2 Å². The molecule has 10 heteroatoms. The Morgan fingerprint density at radius 3 is 2.56 bits per heavy atom. The maximum Gasteiger partial charge on any atom is 0.269 e. The molecule has 3 fully saturated rings. The Labute approximate surface area is 187 Å². The highest BCUT2D eigenvalue weighted by molar-refractivity contribution is 6.31. The fourth-order valence-electron chi connectivity index (χ4n) is 6.15. The molecule has 1 spiro atoms. The fraction of sp³-hybridized carbons (Fsp3) is 0.318. The molecule has 0 saturated carbocycles. The van der Waals surface area contributed by atoms with Crippen LogP contribution in [0.1, 0.15) is 18.4 Å². The lowest BCUT2D eigenvalue weighted by atomic mass is 9.75. The van der Waals surface area contributed by atoms with Gasteiger partial charge >= 0.3 is 0 Å². The molecule has 4 heterocycles. The van der Waals surface area contributed by atoms with Crippen LogP contribution in [-0.4, -0.2) is 40.1 Å². The molecule has 1 N–H and O–H groups in total. The highest BCUT2D eigenvalue weighted by Crippen LogP contribution is 2.60. The van der Waals surface area contributed by atoms with E-state index in [2.05, 4.69) is 5.32 Å². The Hall–Kier alpha value is -3.30. The van der Waals surface area contributed by atoms with Crippen molar-refractivity contribution in [2.75, 3.05) is 16.8 Å². The maximum atomic E-state index is 13.8. The Morgan fingerprint density at radius 2 is 1.84 bits per heavy atom. The summed E-state index contributed by atoms with van der Waals surface area (Å²) in [6.07, 6.45) is 1.52. The first kappa shape index (κ1) is 19.4. The first-order valence-corrected chi connectivity index (χ1v) is 10.7. The van der Waals surface area contributed by atoms with Gasteiger partial charge in [0.15, 0.2) is 0 Å². The van der Waals surface area contributed by atoms with Gasteiger partial charge in [0, 0.05) is 34.4 Å². The number of fused-ring (bicyclic) bond motifs is 7. The molecule has 0 unspecified atom stereocenters. The topological polar surface area (TPSA) is 113 Å². The Bertz CT molecular complexity index is 1230. The quantitative estimate of drug-likeness (QED) is 0.426. The molecular weight excluding hydrogens is 436 g/mol. The van der Waals surface area contributed by atoms with Crippen LogP contribution in [0.5, 0.6) is 0 Å². The van der Waals surface area contributed by atoms with E-state index in [4.69, 9.17) is 11.6 Å². The maximum absolute atomic E-state index is 13.8. The van der Waals surface area contributed by atoms with Crippen molar-refractivity contribution in [3.8, 4) is 0 Å². The molecular formula is C22H17ClN4O5. The van der Waals surface area contributed by atoms with Crippen LogP contribution in [0.3, 0.4) is 0 Å². The molecule has 6 rings (SSSR count). The number of rotatable bonds is 2. The second-order valence-electron chi connectivity index (χ2n) is 8.60. The number of amides is 3. The lowest BCUT2D eigenvalue weighted by molar-refractivity contribution is -0.384. The minimum Gasteiger partial charge on any atom is -0.324 e. The molecule has 9 nitrogen and oxygen atoms in total. The minimum atomic E-state index is -1.30. The van der Waals surface area contributed by atoms with E-state index in [1.807, 2.05) is 4.90 Å². The van der Waals surface area contributed by atoms with Gasteiger partial charge in [-0.25, -0.2) is 4.90 Å². The average molecular weight is 453 g/mol. The number of anilines is 2. The Balaban J connectivity index is 1.51. The van der Waals surface area contributed by atoms with E-state index >= 15 is 0 Å². The summed E-state index contributed by atoms with van der Waals surface area (Å²) < 4.78 is 0. The lowest BCUT2D eigenvalue weighted by Crippen LogP contribution is -2.54. The van der Waals surface area contributed by atoms with Crippen LogP contribution >= 0.6 is 11.6 Å². The predicted molar refractivity (Wildman–Crippen MR) is 114 cm³/mol. The zero-order valence-corrected chi connectivity index (χ0v) is 17.4. The summed E-state index contributed by atoms with van der Waals surface area (Å²) in [6, 6.07) is 10.2. The molecule has 0 aromatic heterocycles. The standard InChI is InChI=1S/C22H17ClN4O5/c23-11-3-8-15-14(10-11)22(21(30)24-15)18-17(16-2-1-9-25(16)22)19(28)26(20(18)29)12-4-6-13(7-5-12)27(31)32/h3-8,10,16-18H,1-2,9H2,(H,24,30)/t16-,17+,18+,22+/m0/s1. The van der Waals surface area contributed by atoms with Gasteiger partial charge in [-0.2, -0.15) is 0 Å². The van der Waals surface area contributed by atoms with Gasteiger partial charge in [-0.3, -0.25) is 29.4 Å². The zero-order chi connectivity index (χ0) is 22.4. The second kappa shape index (κ2) is 6.36. The van der Waals surface area contributed by atoms with Gasteiger partial charge in [-0.15, -0.1) is 0 Å². The van der Waals surface area contributed by atoms with E-state index in [0.29, 0.717) is 29.2 Å². The molecule has 3 amide bonds. The molecule has 4 aliphatic heterocycles. The lowest BCUT2D eigenvalue weighted by Gasteiger charge is -2.36. The van der Waals surface area contributed by atoms with Gasteiger partial charge in [0.05, 0.1) is 22.4 Å². The van der Waals surface area contributed by atoms with E-state index < -0.39 is 28.2 Å². The van der Waals surface area contributed by atoms with Crippen molar-refractivity contribution in [2.24, 2.45) is 11.8 Å². The number of carbonyl (C=O) groups excluding carboxylic acids is 3. The third-order valence-electron chi connectivity index (χ3n) is 7.27. The molecule has 2 aromatic carbocycles. The minimum absolute atomic E-state index is 0.134. The molecule has 32 heavy (non-hydrogen) atoms. The molecule has 4 atom stereocenters. The van der Waals surface area contributed by atoms with Gasteiger partial charge in [0.1, 0.15) is 5.54 Å². The number of benzene rings is 2. The third-order valence-corrected chi connectivity index (χ3v) is 7.51. The SMILES string of the molecule is O=C1[C@@H]2[C@@H]3CCCN3[C@@]3(C(=O)Nc4ccc(Cl)cc43)[C@H]2C(=O)N1c1ccc([N+](=O)[O-])cc1. The number of nitro benzene ring substituents is 1. The largest absolute Gasteiger partial charge is 0.324 e. The smallest absolute Gasteiger partial charge is 0.269 e. The van der Waals surface area contributed by atoms with Gasteiger partial charge in [0.2, 0.25) is 17.7 Å². The molecule has 0 radical (unpaired) electrons. The average Bonchev–Trinajstić information content (AvgIpc) is 3.47. The molecule has 162 valence electrons. The van der Waals surface area contributed by atoms with Crippen molar-refractivity contribution in [3.63, 3.8) is 0 Å². The number of hydrogen-bond donors (Lipinski definition) is 1. The summed E-state index contributed by atoms with van der Waals surface area (Å²) in [5.41, 5.74) is 0.0596. The number of nitrogens with one attached hydrogen (secondary N) is 1. The Morgan fingerprint density at radius 1 is 1.09 bits per heavy atom. The number of non-ortho nitro benzene ring substituents is 1. The van der Waals surface area contributed by atoms with E-state index in [-0.39, 0.29) is 29.2 Å². The van der Waals surface area contributed by atoms with Gasteiger partial charge in [-0.1, -0.05) is 11.6 Å². The highest BCUT2D eigenvalue weighted by Gasteiger charge is 2.74. The second-order valence-corrected chi connectivity index (χ2v) is 9.04. The van der Waals surface area contributed by atoms with Crippen molar-refractivity contribution in [3.05, 3.63) is 63.2 Å². The first-order valence-electron chi connectivity index (χ1n) is 10.4. The Kier molecular flexibility index (Phi) is 3.86. The normalized spacial score (nSPS) is 30.6. The summed E-state index contributed by atoms with van der Waals surface area (Å²) in [6.45, 7) is 0.606. The van der Waals surface area contributed by atoms with Crippen molar-refractivity contribution >= 4 is 46.4 Å². The third kappa shape index (κ3) is 2.19. The van der Waals surface area contributed by atoms with Gasteiger partial charge in [0.25, 0.3) is 5.69 Å². The van der Waals surface area contributed by atoms with Crippen LogP contribution in [0.2, 0.25) is 5.02 Å². The number of halogens is 1. The number of imide groups is 1. The van der Waals surface area contributed by atoms with Crippen LogP contribution in [0.4, 0.5) is 17.1 Å². The summed E-state index contributed by atoms with van der Waals surface area (Å²) in [5.74, 6) is -2.72. The van der Waals surface area contributed by atoms with Crippen LogP contribution in [0.25, 0.3) is 0 Å². The number of nitrogens with zero attached hydrogens (tertiary/aromatic N) is 3. The van der Waals surface area contributed by atoms with E-state index in [0.717, 1.165) is 11.3 Å². The van der Waals surface area contributed by atoms with Crippen molar-refractivity contribution in [1.82, 2.24) is 4.90 Å². The summed E-state index contributed by atoms with van der Waals surface area (Å²) in [5, 5.41) is 14.3. The number of hydrogen-bond acceptors (Lipinski definition) is 6. The number of nitro groups is 1. The van der Waals surface area contributed by atoms with E-state index in [1.165, 1.54) is 24.3 Å². The summed E-state index contributed by atoms with van der Waals surface area (Å²) in [7, 11) is 0.